The summed E-state index contributed by atoms with van der Waals surface area (Å²) >= 11 is 0. The molecule has 0 aliphatic carbocycles. The van der Waals surface area contributed by atoms with Gasteiger partial charge in [0.25, 0.3) is 5.69 Å². The number of hydrogen-bond donors (Lipinski definition) is 1. The fourth-order valence-corrected chi connectivity index (χ4v) is 1.47. The number of non-ortho nitro benzene ring substituents is 1. The molecular formula is C12H9N3O5. The lowest BCUT2D eigenvalue weighted by molar-refractivity contribution is -0.384. The van der Waals surface area contributed by atoms with Crippen LogP contribution in [0.25, 0.3) is 0 Å². The number of nitrogens with zero attached hydrogens (tertiary/aromatic N) is 3. The number of benzene rings is 1. The van der Waals surface area contributed by atoms with Crippen LogP contribution in [0.3, 0.4) is 0 Å². The van der Waals surface area contributed by atoms with E-state index in [9.17, 15) is 14.9 Å². The minimum absolute atomic E-state index is 0.00172. The molecule has 8 nitrogen and oxygen atoms in total. The lowest BCUT2D eigenvalue weighted by atomic mass is 10.2. The summed E-state index contributed by atoms with van der Waals surface area (Å²) in [5, 5.41) is 19.4. The minimum atomic E-state index is -1.22. The number of aryl methyl sites for hydroxylation is 1. The summed E-state index contributed by atoms with van der Waals surface area (Å²) in [7, 11) is 0. The molecule has 0 amide bonds. The molecule has 2 rings (SSSR count). The molecule has 1 aromatic heterocycles. The zero-order valence-corrected chi connectivity index (χ0v) is 10.3. The average molecular weight is 275 g/mol. The van der Waals surface area contributed by atoms with Gasteiger partial charge in [-0.1, -0.05) is 0 Å². The van der Waals surface area contributed by atoms with Gasteiger partial charge in [0.05, 0.1) is 17.3 Å². The number of carbonyl (C=O) groups is 1. The third kappa shape index (κ3) is 2.86. The number of aromatic carboxylic acids is 1. The predicted octanol–water partition coefficient (Wildman–Crippen LogP) is 2.18. The number of hydrogen-bond acceptors (Lipinski definition) is 6. The van der Waals surface area contributed by atoms with Gasteiger partial charge in [0.1, 0.15) is 5.75 Å². The van der Waals surface area contributed by atoms with Crippen molar-refractivity contribution in [1.29, 1.82) is 0 Å². The Labute approximate surface area is 112 Å². The molecule has 0 saturated carbocycles. The minimum Gasteiger partial charge on any atom is -0.476 e. The lowest BCUT2D eigenvalue weighted by Crippen LogP contribution is -2.02. The second-order valence-electron chi connectivity index (χ2n) is 3.86. The van der Waals surface area contributed by atoms with Gasteiger partial charge in [-0.25, -0.2) is 9.78 Å². The van der Waals surface area contributed by atoms with Crippen molar-refractivity contribution >= 4 is 11.7 Å². The highest BCUT2D eigenvalue weighted by molar-refractivity contribution is 5.84. The van der Waals surface area contributed by atoms with Crippen molar-refractivity contribution in [1.82, 2.24) is 9.97 Å². The molecule has 1 heterocycles. The van der Waals surface area contributed by atoms with Crippen molar-refractivity contribution < 1.29 is 19.6 Å². The van der Waals surface area contributed by atoms with Crippen molar-refractivity contribution in [3.05, 3.63) is 52.0 Å². The monoisotopic (exact) mass is 275 g/mol. The standard InChI is InChI=1S/C12H9N3O5/c1-7-4-8(15(18)19)2-3-10(7)20-11-6-13-5-9(14-11)12(16)17/h2-6H,1H3,(H,16,17). The molecule has 0 unspecified atom stereocenters. The van der Waals surface area contributed by atoms with E-state index in [4.69, 9.17) is 9.84 Å². The molecule has 102 valence electrons. The SMILES string of the molecule is Cc1cc([N+](=O)[O-])ccc1Oc1cncc(C(=O)O)n1. The quantitative estimate of drug-likeness (QED) is 0.671. The Bertz CT molecular complexity index is 687. The molecule has 8 heteroatoms. The van der Waals surface area contributed by atoms with Gasteiger partial charge in [0.15, 0.2) is 5.69 Å². The van der Waals surface area contributed by atoms with Crippen LogP contribution in [0.1, 0.15) is 16.1 Å². The van der Waals surface area contributed by atoms with Gasteiger partial charge in [-0.05, 0) is 18.6 Å². The Morgan fingerprint density at radius 2 is 2.15 bits per heavy atom. The Kier molecular flexibility index (Phi) is 3.56. The second kappa shape index (κ2) is 5.31. The Hall–Kier alpha value is -3.03. The van der Waals surface area contributed by atoms with Gasteiger partial charge >= 0.3 is 5.97 Å². The largest absolute Gasteiger partial charge is 0.476 e. The molecule has 0 atom stereocenters. The number of ether oxygens (including phenoxy) is 1. The molecule has 1 N–H and O–H groups in total. The number of aromatic nitrogens is 2. The first-order valence-electron chi connectivity index (χ1n) is 5.45. The maximum atomic E-state index is 10.8. The Morgan fingerprint density at radius 1 is 1.40 bits per heavy atom. The summed E-state index contributed by atoms with van der Waals surface area (Å²) in [6.45, 7) is 1.64. The molecule has 0 aliphatic heterocycles. The number of nitro groups is 1. The summed E-state index contributed by atoms with van der Waals surface area (Å²) in [6, 6.07) is 4.06. The Morgan fingerprint density at radius 3 is 2.75 bits per heavy atom. The van der Waals surface area contributed by atoms with Crippen LogP contribution < -0.4 is 4.74 Å². The van der Waals surface area contributed by atoms with Crippen LogP contribution in [0.5, 0.6) is 11.6 Å². The normalized spacial score (nSPS) is 10.1. The maximum absolute atomic E-state index is 10.8. The van der Waals surface area contributed by atoms with Gasteiger partial charge in [-0.3, -0.25) is 15.1 Å². The highest BCUT2D eigenvalue weighted by Gasteiger charge is 2.11. The van der Waals surface area contributed by atoms with E-state index in [0.29, 0.717) is 11.3 Å². The van der Waals surface area contributed by atoms with Crippen LogP contribution in [0, 0.1) is 17.0 Å². The smallest absolute Gasteiger partial charge is 0.356 e. The van der Waals surface area contributed by atoms with Crippen LogP contribution in [0.4, 0.5) is 5.69 Å². The lowest BCUT2D eigenvalue weighted by Gasteiger charge is -2.07. The van der Waals surface area contributed by atoms with Gasteiger partial charge in [0.2, 0.25) is 5.88 Å². The van der Waals surface area contributed by atoms with Crippen LogP contribution in [-0.2, 0) is 0 Å². The first kappa shape index (κ1) is 13.4. The topological polar surface area (TPSA) is 115 Å². The predicted molar refractivity (Wildman–Crippen MR) is 66.9 cm³/mol. The van der Waals surface area contributed by atoms with Gasteiger partial charge in [0, 0.05) is 12.1 Å². The van der Waals surface area contributed by atoms with E-state index in [1.165, 1.54) is 24.4 Å². The van der Waals surface area contributed by atoms with E-state index in [1.807, 2.05) is 0 Å². The van der Waals surface area contributed by atoms with E-state index >= 15 is 0 Å². The molecule has 1 aromatic carbocycles. The second-order valence-corrected chi connectivity index (χ2v) is 3.86. The van der Waals surface area contributed by atoms with Crippen molar-refractivity contribution in [3.8, 4) is 11.6 Å². The molecule has 0 radical (unpaired) electrons. The van der Waals surface area contributed by atoms with Crippen LogP contribution in [-0.4, -0.2) is 26.0 Å². The van der Waals surface area contributed by atoms with E-state index in [2.05, 4.69) is 9.97 Å². The van der Waals surface area contributed by atoms with E-state index in [1.54, 1.807) is 6.92 Å². The van der Waals surface area contributed by atoms with E-state index < -0.39 is 10.9 Å². The number of carboxylic acid groups (broad SMARTS) is 1. The van der Waals surface area contributed by atoms with Crippen molar-refractivity contribution in [2.45, 2.75) is 6.92 Å². The molecule has 0 spiro atoms. The number of nitro benzene ring substituents is 1. The molecule has 0 saturated heterocycles. The summed E-state index contributed by atoms with van der Waals surface area (Å²) in [5.41, 5.74) is 0.226. The number of carboxylic acids is 1. The summed E-state index contributed by atoms with van der Waals surface area (Å²) in [4.78, 5) is 28.3. The molecule has 2 aromatic rings. The van der Waals surface area contributed by atoms with Crippen LogP contribution in [0.2, 0.25) is 0 Å². The van der Waals surface area contributed by atoms with Gasteiger partial charge in [-0.2, -0.15) is 0 Å². The molecule has 0 bridgehead atoms. The summed E-state index contributed by atoms with van der Waals surface area (Å²) in [6.07, 6.45) is 2.35. The third-order valence-electron chi connectivity index (χ3n) is 2.42. The zero-order valence-electron chi connectivity index (χ0n) is 10.3. The molecule has 0 fully saturated rings. The van der Waals surface area contributed by atoms with Crippen molar-refractivity contribution in [2.24, 2.45) is 0 Å². The fourth-order valence-electron chi connectivity index (χ4n) is 1.47. The number of rotatable bonds is 4. The fraction of sp³-hybridized carbons (Fsp3) is 0.0833. The first-order valence-corrected chi connectivity index (χ1v) is 5.45. The summed E-state index contributed by atoms with van der Waals surface area (Å²) in [5.74, 6) is -0.877. The maximum Gasteiger partial charge on any atom is 0.356 e. The average Bonchev–Trinajstić information content (AvgIpc) is 2.41. The van der Waals surface area contributed by atoms with Crippen molar-refractivity contribution in [3.63, 3.8) is 0 Å². The van der Waals surface area contributed by atoms with E-state index in [-0.39, 0.29) is 17.3 Å². The summed E-state index contributed by atoms with van der Waals surface area (Å²) < 4.78 is 5.38. The van der Waals surface area contributed by atoms with Crippen LogP contribution >= 0.6 is 0 Å². The molecule has 0 aliphatic rings. The van der Waals surface area contributed by atoms with Gasteiger partial charge in [-0.15, -0.1) is 0 Å². The molecule has 20 heavy (non-hydrogen) atoms. The van der Waals surface area contributed by atoms with Crippen LogP contribution in [0.15, 0.2) is 30.6 Å². The van der Waals surface area contributed by atoms with E-state index in [0.717, 1.165) is 6.20 Å². The van der Waals surface area contributed by atoms with Gasteiger partial charge < -0.3 is 9.84 Å². The Balaban J connectivity index is 2.28. The highest BCUT2D eigenvalue weighted by Crippen LogP contribution is 2.26. The third-order valence-corrected chi connectivity index (χ3v) is 2.42. The molecular weight excluding hydrogens is 266 g/mol. The highest BCUT2D eigenvalue weighted by atomic mass is 16.6. The zero-order chi connectivity index (χ0) is 14.7. The first-order chi connectivity index (χ1) is 9.47. The van der Waals surface area contributed by atoms with Crippen molar-refractivity contribution in [2.75, 3.05) is 0 Å².